The van der Waals surface area contributed by atoms with Crippen LogP contribution in [0, 0.1) is 27.7 Å². The normalized spacial score (nSPS) is 11.7. The lowest BCUT2D eigenvalue weighted by Gasteiger charge is -2.22. The lowest BCUT2D eigenvalue weighted by molar-refractivity contribution is 1.02. The highest BCUT2D eigenvalue weighted by Crippen LogP contribution is 2.48. The van der Waals surface area contributed by atoms with Crippen LogP contribution in [0.25, 0.3) is 161 Å². The number of aromatic nitrogens is 5. The molecule has 5 nitrogen and oxygen atoms in total. The number of nitrogens with zero attached hydrogens (tertiary/aromatic N) is 5. The Morgan fingerprint density at radius 1 is 0.231 bits per heavy atom. The molecule has 430 valence electrons. The van der Waals surface area contributed by atoms with Gasteiger partial charge in [0.25, 0.3) is 0 Å². The SMILES string of the molecule is Cc1ccc2c(c1)c1cc(C)ccc1n2-c1ccc(-c2c(-c3ccccc3-c3cc(C)nc(C)c3)cc(-n3c4ccc(-c5ccccc5)cc4c4cc(-c5ccccc5)ccc43)nc2-n2c3ccc(-c4ccccc4)cc3c3cc(-c4ccccc4)ccc32)cc1. The number of hydrogen-bond acceptors (Lipinski definition) is 2. The molecule has 0 aliphatic heterocycles. The van der Waals surface area contributed by atoms with Crippen LogP contribution >= 0.6 is 0 Å². The van der Waals surface area contributed by atoms with Gasteiger partial charge in [0.1, 0.15) is 11.6 Å². The Balaban J connectivity index is 1.01. The van der Waals surface area contributed by atoms with Gasteiger partial charge in [-0.15, -0.1) is 0 Å². The molecule has 0 aliphatic carbocycles. The average Bonchev–Trinajstić information content (AvgIpc) is 1.66. The summed E-state index contributed by atoms with van der Waals surface area (Å²) in [7, 11) is 0. The molecule has 5 heterocycles. The Labute approximate surface area is 528 Å². The van der Waals surface area contributed by atoms with Crippen LogP contribution in [0.5, 0.6) is 0 Å². The molecule has 0 aliphatic rings. The van der Waals surface area contributed by atoms with E-state index in [1.165, 1.54) is 44.1 Å². The second-order valence-corrected chi connectivity index (χ2v) is 24.4. The fourth-order valence-corrected chi connectivity index (χ4v) is 14.3. The van der Waals surface area contributed by atoms with Gasteiger partial charge in [-0.25, -0.2) is 4.98 Å². The van der Waals surface area contributed by atoms with Gasteiger partial charge >= 0.3 is 0 Å². The van der Waals surface area contributed by atoms with Crippen LogP contribution < -0.4 is 0 Å². The first kappa shape index (κ1) is 53.6. The number of pyridine rings is 2. The molecular weight excluding hydrogens is 1100 g/mol. The van der Waals surface area contributed by atoms with Crippen molar-refractivity contribution in [3.05, 3.63) is 320 Å². The van der Waals surface area contributed by atoms with E-state index >= 15 is 0 Å². The molecule has 17 rings (SSSR count). The Morgan fingerprint density at radius 2 is 0.582 bits per heavy atom. The van der Waals surface area contributed by atoms with E-state index < -0.39 is 0 Å². The van der Waals surface area contributed by atoms with Crippen LogP contribution in [-0.4, -0.2) is 23.7 Å². The highest BCUT2D eigenvalue weighted by atomic mass is 15.1. The monoisotopic (exact) mass is 1160 g/mol. The predicted octanol–water partition coefficient (Wildman–Crippen LogP) is 22.7. The maximum absolute atomic E-state index is 6.26. The number of rotatable bonds is 10. The van der Waals surface area contributed by atoms with Gasteiger partial charge in [-0.3, -0.25) is 14.1 Å². The minimum Gasteiger partial charge on any atom is -0.309 e. The topological polar surface area (TPSA) is 40.6 Å². The second kappa shape index (κ2) is 21.6. The van der Waals surface area contributed by atoms with Crippen LogP contribution in [0.1, 0.15) is 22.5 Å². The third kappa shape index (κ3) is 9.15. The van der Waals surface area contributed by atoms with Crippen molar-refractivity contribution in [1.29, 1.82) is 0 Å². The molecule has 0 N–H and O–H groups in total. The summed E-state index contributed by atoms with van der Waals surface area (Å²) >= 11 is 0. The summed E-state index contributed by atoms with van der Waals surface area (Å²) in [6, 6.07) is 110. The Morgan fingerprint density at radius 3 is 1.01 bits per heavy atom. The standard InChI is InChI=1S/C86H61N5/c1-54-29-39-78-71(45-54)72-46-55(2)30-40-79(72)89(78)68-37-31-62(32-38-68)85-77(70-28-18-17-27-69(70)67-47-56(3)87-57(4)48-67)53-84(90-80-41-33-63(58-19-9-5-10-20-58)49-73(80)74-50-64(34-42-81(74)90)59-21-11-6-12-22-59)88-86(85)91-82-43-35-65(60-23-13-7-14-24-60)51-75(82)76-52-66(36-44-83(76)91)61-25-15-8-16-26-61/h5-53H,1-4H3. The van der Waals surface area contributed by atoms with Gasteiger partial charge in [-0.2, -0.15) is 0 Å². The first-order valence-electron chi connectivity index (χ1n) is 31.4. The van der Waals surface area contributed by atoms with Crippen molar-refractivity contribution in [1.82, 2.24) is 23.7 Å². The number of benzene rings is 12. The summed E-state index contributed by atoms with van der Waals surface area (Å²) in [5, 5.41) is 7.08. The van der Waals surface area contributed by atoms with E-state index in [4.69, 9.17) is 9.97 Å². The highest BCUT2D eigenvalue weighted by molar-refractivity contribution is 6.15. The highest BCUT2D eigenvalue weighted by Gasteiger charge is 2.27. The number of fused-ring (bicyclic) bond motifs is 9. The average molecular weight is 1160 g/mol. The Kier molecular flexibility index (Phi) is 12.7. The van der Waals surface area contributed by atoms with Crippen LogP contribution in [0.4, 0.5) is 0 Å². The Hall–Kier alpha value is -11.7. The molecule has 0 spiro atoms. The maximum Gasteiger partial charge on any atom is 0.148 e. The predicted molar refractivity (Wildman–Crippen MR) is 382 cm³/mol. The lowest BCUT2D eigenvalue weighted by atomic mass is 9.89. The molecule has 0 unspecified atom stereocenters. The molecule has 12 aromatic carbocycles. The third-order valence-electron chi connectivity index (χ3n) is 18.5. The van der Waals surface area contributed by atoms with E-state index in [0.29, 0.717) is 0 Å². The van der Waals surface area contributed by atoms with Crippen molar-refractivity contribution in [3.8, 4) is 95.2 Å². The zero-order valence-electron chi connectivity index (χ0n) is 51.0. The van der Waals surface area contributed by atoms with E-state index in [9.17, 15) is 0 Å². The van der Waals surface area contributed by atoms with Crippen molar-refractivity contribution >= 4 is 65.4 Å². The number of hydrogen-bond donors (Lipinski definition) is 0. The fraction of sp³-hybridized carbons (Fsp3) is 0.0465. The summed E-state index contributed by atoms with van der Waals surface area (Å²) in [4.78, 5) is 11.2. The van der Waals surface area contributed by atoms with Crippen LogP contribution in [0.15, 0.2) is 297 Å². The van der Waals surface area contributed by atoms with Crippen molar-refractivity contribution in [3.63, 3.8) is 0 Å². The maximum atomic E-state index is 6.26. The molecular formula is C86H61N5. The van der Waals surface area contributed by atoms with Gasteiger partial charge in [-0.1, -0.05) is 205 Å². The first-order chi connectivity index (χ1) is 44.7. The minimum atomic E-state index is 0.801. The molecule has 0 saturated heterocycles. The largest absolute Gasteiger partial charge is 0.309 e. The summed E-state index contributed by atoms with van der Waals surface area (Å²) < 4.78 is 7.30. The van der Waals surface area contributed by atoms with E-state index in [-0.39, 0.29) is 0 Å². The van der Waals surface area contributed by atoms with Gasteiger partial charge in [0.15, 0.2) is 0 Å². The second-order valence-electron chi connectivity index (χ2n) is 24.4. The van der Waals surface area contributed by atoms with Gasteiger partial charge in [-0.05, 0) is 203 Å². The van der Waals surface area contributed by atoms with Crippen molar-refractivity contribution in [2.24, 2.45) is 0 Å². The molecule has 0 bridgehead atoms. The summed E-state index contributed by atoms with van der Waals surface area (Å²) in [6.45, 7) is 8.56. The number of aryl methyl sites for hydroxylation is 4. The summed E-state index contributed by atoms with van der Waals surface area (Å²) in [5.41, 5.74) is 27.8. The summed E-state index contributed by atoms with van der Waals surface area (Å²) in [5.74, 6) is 1.62. The molecule has 0 atom stereocenters. The van der Waals surface area contributed by atoms with Gasteiger partial charge in [0.05, 0.1) is 33.1 Å². The smallest absolute Gasteiger partial charge is 0.148 e. The summed E-state index contributed by atoms with van der Waals surface area (Å²) in [6.07, 6.45) is 0. The van der Waals surface area contributed by atoms with Gasteiger partial charge < -0.3 is 4.57 Å². The minimum absolute atomic E-state index is 0.801. The van der Waals surface area contributed by atoms with E-state index in [1.54, 1.807) is 0 Å². The molecule has 0 amide bonds. The molecule has 5 aromatic heterocycles. The molecule has 5 heteroatoms. The van der Waals surface area contributed by atoms with Crippen molar-refractivity contribution in [2.45, 2.75) is 27.7 Å². The van der Waals surface area contributed by atoms with Gasteiger partial charge in [0.2, 0.25) is 0 Å². The van der Waals surface area contributed by atoms with Crippen LogP contribution in [0.2, 0.25) is 0 Å². The van der Waals surface area contributed by atoms with E-state index in [1.807, 2.05) is 0 Å². The van der Waals surface area contributed by atoms with E-state index in [2.05, 4.69) is 339 Å². The zero-order chi connectivity index (χ0) is 60.8. The fourth-order valence-electron chi connectivity index (χ4n) is 14.3. The molecule has 0 radical (unpaired) electrons. The quantitative estimate of drug-likeness (QED) is 0.137. The zero-order valence-corrected chi connectivity index (χ0v) is 51.0. The van der Waals surface area contributed by atoms with Crippen molar-refractivity contribution < 1.29 is 0 Å². The molecule has 91 heavy (non-hydrogen) atoms. The molecule has 0 saturated carbocycles. The molecule has 17 aromatic rings. The Bertz CT molecular complexity index is 5440. The van der Waals surface area contributed by atoms with Crippen LogP contribution in [-0.2, 0) is 0 Å². The van der Waals surface area contributed by atoms with E-state index in [0.717, 1.165) is 139 Å². The van der Waals surface area contributed by atoms with Crippen LogP contribution in [0.3, 0.4) is 0 Å². The lowest BCUT2D eigenvalue weighted by Crippen LogP contribution is -2.08. The van der Waals surface area contributed by atoms with Gasteiger partial charge in [0, 0.05) is 55.0 Å². The molecule has 0 fully saturated rings. The van der Waals surface area contributed by atoms with Crippen molar-refractivity contribution in [2.75, 3.05) is 0 Å². The first-order valence-corrected chi connectivity index (χ1v) is 31.4. The third-order valence-corrected chi connectivity index (χ3v) is 18.5.